The molecule has 0 amide bonds. The van der Waals surface area contributed by atoms with Crippen LogP contribution in [0.3, 0.4) is 0 Å². The smallest absolute Gasteiger partial charge is 0.331 e. The van der Waals surface area contributed by atoms with Crippen molar-refractivity contribution < 1.29 is 24.5 Å². The maximum atomic E-state index is 13.9. The summed E-state index contributed by atoms with van der Waals surface area (Å²) in [7, 11) is 0. The molecule has 3 aromatic carbocycles. The number of nitrogens with one attached hydrogen (secondary N) is 3. The number of H-pyrrole nitrogens is 1. The largest absolute Gasteiger partial charge is 0.506 e. The first-order valence-corrected chi connectivity index (χ1v) is 19.4. The van der Waals surface area contributed by atoms with E-state index in [1.54, 1.807) is 12.1 Å². The van der Waals surface area contributed by atoms with E-state index >= 15 is 0 Å². The molecule has 0 bridgehead atoms. The van der Waals surface area contributed by atoms with Crippen molar-refractivity contribution >= 4 is 16.9 Å². The summed E-state index contributed by atoms with van der Waals surface area (Å²) in [5.74, 6) is 1.04. The molecule has 1 aliphatic carbocycles. The minimum Gasteiger partial charge on any atom is -0.506 e. The fourth-order valence-electron chi connectivity index (χ4n) is 7.82. The number of hydrogen-bond donors (Lipinski definition) is 5. The summed E-state index contributed by atoms with van der Waals surface area (Å²) in [5, 5.41) is 28.4. The summed E-state index contributed by atoms with van der Waals surface area (Å²) >= 11 is 0. The molecule has 284 valence electrons. The number of aliphatic hydroxyl groups excluding tert-OH is 1. The van der Waals surface area contributed by atoms with Gasteiger partial charge in [-0.1, -0.05) is 55.3 Å². The van der Waals surface area contributed by atoms with Crippen molar-refractivity contribution in [1.82, 2.24) is 20.5 Å². The second kappa shape index (κ2) is 18.2. The number of unbranched alkanes of at least 4 members (excludes halogenated alkanes) is 3. The van der Waals surface area contributed by atoms with Crippen molar-refractivity contribution in [3.63, 3.8) is 0 Å². The van der Waals surface area contributed by atoms with Crippen molar-refractivity contribution in [3.05, 3.63) is 105 Å². The number of aromatic nitrogens is 1. The Morgan fingerprint density at radius 3 is 2.64 bits per heavy atom. The molecular formula is C43H56N4O6. The zero-order valence-electron chi connectivity index (χ0n) is 31.2. The van der Waals surface area contributed by atoms with Crippen LogP contribution in [0.5, 0.6) is 11.5 Å². The van der Waals surface area contributed by atoms with Crippen LogP contribution in [0.2, 0.25) is 0 Å². The number of phenols is 1. The average molecular weight is 725 g/mol. The van der Waals surface area contributed by atoms with Gasteiger partial charge >= 0.3 is 5.97 Å². The van der Waals surface area contributed by atoms with Crippen LogP contribution in [0, 0.1) is 5.92 Å². The van der Waals surface area contributed by atoms with E-state index in [-0.39, 0.29) is 17.3 Å². The number of rotatable bonds is 18. The first-order valence-electron chi connectivity index (χ1n) is 19.4. The van der Waals surface area contributed by atoms with Crippen LogP contribution in [0.15, 0.2) is 77.6 Å². The lowest BCUT2D eigenvalue weighted by Gasteiger charge is -2.35. The number of ether oxygens (including phenoxy) is 2. The van der Waals surface area contributed by atoms with Gasteiger partial charge < -0.3 is 34.9 Å². The molecule has 5 N–H and O–H groups in total. The Morgan fingerprint density at radius 1 is 1.00 bits per heavy atom. The van der Waals surface area contributed by atoms with E-state index in [2.05, 4.69) is 58.6 Å². The van der Waals surface area contributed by atoms with Gasteiger partial charge in [0.1, 0.15) is 17.0 Å². The Balaban J connectivity index is 0.917. The van der Waals surface area contributed by atoms with Gasteiger partial charge in [0.05, 0.1) is 24.8 Å². The molecule has 1 unspecified atom stereocenters. The predicted molar refractivity (Wildman–Crippen MR) is 208 cm³/mol. The number of aromatic amines is 1. The van der Waals surface area contributed by atoms with Crippen molar-refractivity contribution in [2.75, 3.05) is 39.4 Å². The zero-order chi connectivity index (χ0) is 37.2. The third-order valence-corrected chi connectivity index (χ3v) is 11.0. The lowest BCUT2D eigenvalue weighted by atomic mass is 9.91. The number of phenolic OH excluding ortho intramolecular Hbond substituents is 1. The minimum absolute atomic E-state index is 0.0171. The Bertz CT molecular complexity index is 1870. The van der Waals surface area contributed by atoms with Gasteiger partial charge in [-0.25, -0.2) is 4.79 Å². The van der Waals surface area contributed by atoms with Crippen LogP contribution in [0.25, 0.3) is 10.9 Å². The molecule has 2 atom stereocenters. The Kier molecular flexibility index (Phi) is 13.2. The predicted octanol–water partition coefficient (Wildman–Crippen LogP) is 6.09. The molecule has 0 spiro atoms. The zero-order valence-corrected chi connectivity index (χ0v) is 31.2. The van der Waals surface area contributed by atoms with E-state index in [1.165, 1.54) is 17.7 Å². The maximum absolute atomic E-state index is 13.9. The summed E-state index contributed by atoms with van der Waals surface area (Å²) in [6.45, 7) is 9.37. The molecule has 4 aromatic rings. The van der Waals surface area contributed by atoms with Crippen molar-refractivity contribution in [1.29, 1.82) is 0 Å². The third-order valence-electron chi connectivity index (χ3n) is 11.0. The summed E-state index contributed by atoms with van der Waals surface area (Å²) in [6.07, 6.45) is 6.86. The molecule has 10 nitrogen and oxygen atoms in total. The Labute approximate surface area is 312 Å². The van der Waals surface area contributed by atoms with E-state index in [4.69, 9.17) is 9.47 Å². The first-order chi connectivity index (χ1) is 25.7. The SMILES string of the molecule is CC(C)N1CCC(COC(=O)C2(NCc3cccc(OCCCCCCNC[C@H](O)c4ccc(O)c5[nH]c(=O)ccc45)c3)CCc3ccccc32)CC1. The fraction of sp³-hybridized carbons (Fsp3) is 0.488. The van der Waals surface area contributed by atoms with Crippen LogP contribution in [-0.2, 0) is 28.0 Å². The molecule has 1 aliphatic heterocycles. The number of benzene rings is 3. The second-order valence-electron chi connectivity index (χ2n) is 15.0. The molecule has 1 saturated heterocycles. The topological polar surface area (TPSA) is 136 Å². The summed E-state index contributed by atoms with van der Waals surface area (Å²) in [6, 6.07) is 23.1. The van der Waals surface area contributed by atoms with Gasteiger partial charge in [0.2, 0.25) is 5.56 Å². The summed E-state index contributed by atoms with van der Waals surface area (Å²) < 4.78 is 12.2. The molecular weight excluding hydrogens is 668 g/mol. The molecule has 2 heterocycles. The van der Waals surface area contributed by atoms with Gasteiger partial charge in [0.15, 0.2) is 0 Å². The molecule has 2 aliphatic rings. The number of hydrogen-bond acceptors (Lipinski definition) is 9. The number of esters is 1. The fourth-order valence-corrected chi connectivity index (χ4v) is 7.82. The van der Waals surface area contributed by atoms with Gasteiger partial charge in [-0.05, 0) is 124 Å². The standard InChI is InChI=1S/C43H56N4O6/c1-30(2)47-23-19-31(20-24-47)29-53-42(51)43(21-18-33-11-5-6-13-37(33)43)45-27-32-10-9-12-34(26-32)52-25-8-4-3-7-22-44-28-39(49)35-14-16-38(48)41-36(35)15-17-40(50)46-41/h5-6,9-17,26,30-31,39,44-45,48-49H,3-4,7-8,18-25,27-29H2,1-2H3,(H,46,50)/t39-,43?/m0/s1. The average Bonchev–Trinajstić information content (AvgIpc) is 3.55. The molecule has 0 radical (unpaired) electrons. The normalized spacial score (nSPS) is 18.3. The monoisotopic (exact) mass is 724 g/mol. The van der Waals surface area contributed by atoms with Crippen molar-refractivity contribution in [2.45, 2.75) is 89.4 Å². The number of nitrogens with zero attached hydrogens (tertiary/aromatic N) is 1. The number of likely N-dealkylation sites (tertiary alicyclic amines) is 1. The molecule has 53 heavy (non-hydrogen) atoms. The molecule has 10 heteroatoms. The van der Waals surface area contributed by atoms with E-state index in [1.807, 2.05) is 24.3 Å². The maximum Gasteiger partial charge on any atom is 0.331 e. The van der Waals surface area contributed by atoms with Gasteiger partial charge in [0, 0.05) is 30.6 Å². The number of fused-ring (bicyclic) bond motifs is 2. The van der Waals surface area contributed by atoms with E-state index < -0.39 is 11.6 Å². The van der Waals surface area contributed by atoms with Gasteiger partial charge in [-0.3, -0.25) is 10.1 Å². The highest BCUT2D eigenvalue weighted by molar-refractivity contribution is 5.87. The summed E-state index contributed by atoms with van der Waals surface area (Å²) in [5.41, 5.74) is 3.13. The molecule has 0 saturated carbocycles. The third kappa shape index (κ3) is 9.67. The van der Waals surface area contributed by atoms with Crippen LogP contribution < -0.4 is 20.9 Å². The van der Waals surface area contributed by atoms with E-state index in [0.29, 0.717) is 61.2 Å². The van der Waals surface area contributed by atoms with E-state index in [9.17, 15) is 19.8 Å². The highest BCUT2D eigenvalue weighted by atomic mass is 16.5. The van der Waals surface area contributed by atoms with E-state index in [0.717, 1.165) is 81.5 Å². The van der Waals surface area contributed by atoms with Gasteiger partial charge in [-0.15, -0.1) is 0 Å². The number of carbonyl (C=O) groups is 1. The van der Waals surface area contributed by atoms with Gasteiger partial charge in [-0.2, -0.15) is 0 Å². The quantitative estimate of drug-likeness (QED) is 0.0610. The molecule has 6 rings (SSSR count). The number of carbonyl (C=O) groups excluding carboxylic acids is 1. The number of aliphatic hydroxyl groups is 1. The Morgan fingerprint density at radius 2 is 1.81 bits per heavy atom. The lowest BCUT2D eigenvalue weighted by molar-refractivity contribution is -0.154. The van der Waals surface area contributed by atoms with Crippen LogP contribution in [0.4, 0.5) is 0 Å². The Hall–Kier alpha value is -4.22. The molecule has 1 aromatic heterocycles. The number of aromatic hydroxyl groups is 1. The minimum atomic E-state index is -0.861. The van der Waals surface area contributed by atoms with Crippen LogP contribution in [-0.4, -0.2) is 71.5 Å². The molecule has 1 fully saturated rings. The highest BCUT2D eigenvalue weighted by Gasteiger charge is 2.46. The first kappa shape index (κ1) is 38.5. The van der Waals surface area contributed by atoms with Crippen molar-refractivity contribution in [3.8, 4) is 11.5 Å². The number of piperidine rings is 1. The highest BCUT2D eigenvalue weighted by Crippen LogP contribution is 2.39. The second-order valence-corrected chi connectivity index (χ2v) is 15.0. The van der Waals surface area contributed by atoms with Crippen LogP contribution in [0.1, 0.15) is 87.2 Å². The van der Waals surface area contributed by atoms with Gasteiger partial charge in [0.25, 0.3) is 0 Å². The summed E-state index contributed by atoms with van der Waals surface area (Å²) in [4.78, 5) is 30.7. The van der Waals surface area contributed by atoms with Crippen LogP contribution >= 0.6 is 0 Å². The van der Waals surface area contributed by atoms with Crippen molar-refractivity contribution in [2.24, 2.45) is 5.92 Å². The number of pyridine rings is 1. The lowest BCUT2D eigenvalue weighted by Crippen LogP contribution is -2.49. The number of aryl methyl sites for hydroxylation is 1.